The average Bonchev–Trinajstić information content (AvgIpc) is 3.50. The lowest BCUT2D eigenvalue weighted by atomic mass is 10.2. The molecule has 8 nitrogen and oxygen atoms in total. The van der Waals surface area contributed by atoms with Crippen molar-refractivity contribution in [1.82, 2.24) is 9.97 Å². The number of unbranched alkanes of at least 4 members (excludes halogenated alkanes) is 1. The summed E-state index contributed by atoms with van der Waals surface area (Å²) < 4.78 is 4.51. The molecule has 2 aromatic carbocycles. The molecule has 0 aliphatic carbocycles. The number of anilines is 2. The highest BCUT2D eigenvalue weighted by Gasteiger charge is 2.13. The molecule has 0 saturated carbocycles. The molecule has 36 heavy (non-hydrogen) atoms. The second kappa shape index (κ2) is 12.2. The van der Waals surface area contributed by atoms with Crippen LogP contribution in [-0.4, -0.2) is 33.3 Å². The largest absolute Gasteiger partial charge is 0.508 e. The summed E-state index contributed by atoms with van der Waals surface area (Å²) in [5.74, 6) is 3.10. The van der Waals surface area contributed by atoms with E-state index in [0.29, 0.717) is 11.5 Å². The zero-order valence-electron chi connectivity index (χ0n) is 21.2. The number of aromatic nitrogens is 4. The quantitative estimate of drug-likeness (QED) is 0.127. The maximum absolute atomic E-state index is 9.88. The molecule has 190 valence electrons. The van der Waals surface area contributed by atoms with E-state index in [-0.39, 0.29) is 0 Å². The maximum atomic E-state index is 9.88. The predicted molar refractivity (Wildman–Crippen MR) is 141 cm³/mol. The van der Waals surface area contributed by atoms with Gasteiger partial charge >= 0.3 is 0 Å². The number of hydrogen-bond acceptors (Lipinski definition) is 4. The summed E-state index contributed by atoms with van der Waals surface area (Å²) in [6.45, 7) is 7.08. The van der Waals surface area contributed by atoms with Gasteiger partial charge in [0.15, 0.2) is 0 Å². The third-order valence-electron chi connectivity index (χ3n) is 6.56. The molecule has 0 fully saturated rings. The van der Waals surface area contributed by atoms with E-state index in [1.54, 1.807) is 12.1 Å². The molecule has 0 spiro atoms. The molecule has 0 amide bonds. The van der Waals surface area contributed by atoms with Gasteiger partial charge in [0.1, 0.15) is 49.4 Å². The summed E-state index contributed by atoms with van der Waals surface area (Å²) in [5, 5.41) is 26.5. The van der Waals surface area contributed by atoms with Crippen LogP contribution in [0.4, 0.5) is 11.4 Å². The van der Waals surface area contributed by atoms with Crippen molar-refractivity contribution in [3.8, 4) is 11.5 Å². The van der Waals surface area contributed by atoms with Gasteiger partial charge in [-0.05, 0) is 49.9 Å². The Labute approximate surface area is 212 Å². The van der Waals surface area contributed by atoms with Crippen molar-refractivity contribution in [2.75, 3.05) is 23.7 Å². The van der Waals surface area contributed by atoms with E-state index in [2.05, 4.69) is 42.1 Å². The number of aromatic hydroxyl groups is 2. The van der Waals surface area contributed by atoms with Gasteiger partial charge in [0.05, 0.1) is 13.1 Å². The zero-order valence-corrected chi connectivity index (χ0v) is 21.2. The molecule has 4 aromatic rings. The molecule has 0 radical (unpaired) electrons. The van der Waals surface area contributed by atoms with Crippen molar-refractivity contribution in [3.63, 3.8) is 0 Å². The van der Waals surface area contributed by atoms with Crippen molar-refractivity contribution in [2.45, 2.75) is 52.6 Å². The number of phenols is 2. The first-order chi connectivity index (χ1) is 17.5. The number of H-pyrrole nitrogens is 2. The van der Waals surface area contributed by atoms with Crippen LogP contribution in [0.15, 0.2) is 61.2 Å². The Morgan fingerprint density at radius 2 is 1.14 bits per heavy atom. The average molecular weight is 491 g/mol. The van der Waals surface area contributed by atoms with Crippen molar-refractivity contribution in [2.24, 2.45) is 0 Å². The summed E-state index contributed by atoms with van der Waals surface area (Å²) in [7, 11) is 0. The lowest BCUT2D eigenvalue weighted by Crippen LogP contribution is -2.39. The number of nitrogens with one attached hydrogen (secondary N) is 4. The highest BCUT2D eigenvalue weighted by atomic mass is 16.3. The van der Waals surface area contributed by atoms with E-state index in [4.69, 9.17) is 0 Å². The van der Waals surface area contributed by atoms with E-state index in [0.717, 1.165) is 74.4 Å². The van der Waals surface area contributed by atoms with Gasteiger partial charge in [-0.3, -0.25) is 0 Å². The molecule has 2 aromatic heterocycles. The SMILES string of the molecule is Cc1ccc(NCC[n+]2cc[nH]c2CCCCc2[nH]cc[n+]2CCNc2ccc(C)c(O)c2)cc1O. The number of hydrogen-bond donors (Lipinski definition) is 6. The molecule has 0 aliphatic heterocycles. The molecule has 0 bridgehead atoms. The first-order valence-corrected chi connectivity index (χ1v) is 12.7. The standard InChI is InChI=1S/C28H36N6O2/c1-21-7-9-23(19-25(21)35)29-11-15-33-17-13-31-27(33)5-3-4-6-28-32-14-18-34(28)16-12-30-24-10-8-22(2)26(36)20-24/h7-10,13-14,17-20,29-30,35-36H,3-6,11-12,15-16H2,1-2H3/p+2. The molecular weight excluding hydrogens is 452 g/mol. The van der Waals surface area contributed by atoms with Crippen LogP contribution in [0.1, 0.15) is 35.6 Å². The van der Waals surface area contributed by atoms with E-state index < -0.39 is 0 Å². The van der Waals surface area contributed by atoms with Gasteiger partial charge in [-0.1, -0.05) is 12.1 Å². The minimum atomic E-state index is 0.321. The van der Waals surface area contributed by atoms with Crippen molar-refractivity contribution < 1.29 is 19.3 Å². The van der Waals surface area contributed by atoms with E-state index in [9.17, 15) is 10.2 Å². The Balaban J connectivity index is 1.17. The maximum Gasteiger partial charge on any atom is 0.254 e. The van der Waals surface area contributed by atoms with Gasteiger partial charge in [-0.25, -0.2) is 19.1 Å². The number of rotatable bonds is 13. The zero-order chi connectivity index (χ0) is 25.3. The van der Waals surface area contributed by atoms with Crippen molar-refractivity contribution in [1.29, 1.82) is 0 Å². The molecule has 0 aliphatic rings. The molecule has 0 unspecified atom stereocenters. The molecule has 0 saturated heterocycles. The van der Waals surface area contributed by atoms with Gasteiger partial charge in [-0.2, -0.15) is 0 Å². The fourth-order valence-corrected chi connectivity index (χ4v) is 4.31. The third kappa shape index (κ3) is 6.81. The Bertz CT molecular complexity index is 1160. The lowest BCUT2D eigenvalue weighted by Gasteiger charge is -2.08. The number of imidazole rings is 2. The number of benzene rings is 2. The van der Waals surface area contributed by atoms with Crippen LogP contribution in [-0.2, 0) is 25.9 Å². The number of phenolic OH excluding ortho intramolecular Hbond substituents is 2. The van der Waals surface area contributed by atoms with Crippen LogP contribution in [0.3, 0.4) is 0 Å². The van der Waals surface area contributed by atoms with Gasteiger partial charge in [0, 0.05) is 36.3 Å². The Kier molecular flexibility index (Phi) is 8.49. The fraction of sp³-hybridized carbons (Fsp3) is 0.357. The summed E-state index contributed by atoms with van der Waals surface area (Å²) in [6.07, 6.45) is 12.3. The first kappa shape index (κ1) is 25.2. The molecular formula is C28H38N6O2+2. The molecule has 8 heteroatoms. The van der Waals surface area contributed by atoms with Crippen LogP contribution >= 0.6 is 0 Å². The summed E-state index contributed by atoms with van der Waals surface area (Å²) in [4.78, 5) is 6.77. The van der Waals surface area contributed by atoms with Crippen LogP contribution < -0.4 is 19.8 Å². The fourth-order valence-electron chi connectivity index (χ4n) is 4.31. The number of aryl methyl sites for hydroxylation is 4. The summed E-state index contributed by atoms with van der Waals surface area (Å²) in [6, 6.07) is 11.4. The monoisotopic (exact) mass is 490 g/mol. The molecule has 4 rings (SSSR count). The first-order valence-electron chi connectivity index (χ1n) is 12.7. The van der Waals surface area contributed by atoms with Crippen LogP contribution in [0, 0.1) is 13.8 Å². The molecule has 6 N–H and O–H groups in total. The number of nitrogens with zero attached hydrogens (tertiary/aromatic N) is 2. The van der Waals surface area contributed by atoms with Crippen LogP contribution in [0.5, 0.6) is 11.5 Å². The lowest BCUT2D eigenvalue weighted by molar-refractivity contribution is -0.700. The van der Waals surface area contributed by atoms with Crippen LogP contribution in [0.2, 0.25) is 0 Å². The highest BCUT2D eigenvalue weighted by Crippen LogP contribution is 2.21. The van der Waals surface area contributed by atoms with Gasteiger partial charge in [0.25, 0.3) is 11.6 Å². The van der Waals surface area contributed by atoms with E-state index in [1.165, 1.54) is 11.6 Å². The van der Waals surface area contributed by atoms with E-state index >= 15 is 0 Å². The molecule has 2 heterocycles. The third-order valence-corrected chi connectivity index (χ3v) is 6.56. The topological polar surface area (TPSA) is 104 Å². The minimum Gasteiger partial charge on any atom is -0.508 e. The predicted octanol–water partition coefficient (Wildman–Crippen LogP) is 3.74. The smallest absolute Gasteiger partial charge is 0.254 e. The van der Waals surface area contributed by atoms with Gasteiger partial charge in [0.2, 0.25) is 0 Å². The Hall–Kier alpha value is -3.94. The van der Waals surface area contributed by atoms with Crippen molar-refractivity contribution >= 4 is 11.4 Å². The van der Waals surface area contributed by atoms with Crippen LogP contribution in [0.25, 0.3) is 0 Å². The van der Waals surface area contributed by atoms with E-state index in [1.807, 2.05) is 50.5 Å². The summed E-state index contributed by atoms with van der Waals surface area (Å²) >= 11 is 0. The molecule has 0 atom stereocenters. The second-order valence-electron chi connectivity index (χ2n) is 9.26. The normalized spacial score (nSPS) is 11.1. The highest BCUT2D eigenvalue weighted by molar-refractivity contribution is 5.51. The Morgan fingerprint density at radius 1 is 0.694 bits per heavy atom. The number of aromatic amines is 2. The second-order valence-corrected chi connectivity index (χ2v) is 9.26. The van der Waals surface area contributed by atoms with Gasteiger partial charge in [-0.15, -0.1) is 0 Å². The minimum absolute atomic E-state index is 0.321. The Morgan fingerprint density at radius 3 is 1.56 bits per heavy atom. The summed E-state index contributed by atoms with van der Waals surface area (Å²) in [5.41, 5.74) is 3.63. The van der Waals surface area contributed by atoms with Gasteiger partial charge < -0.3 is 20.8 Å². The van der Waals surface area contributed by atoms with Crippen molar-refractivity contribution in [3.05, 3.63) is 84.0 Å².